The maximum absolute atomic E-state index is 5.35. The van der Waals surface area contributed by atoms with Crippen LogP contribution in [0.15, 0.2) is 36.5 Å². The molecule has 1 atom stereocenters. The van der Waals surface area contributed by atoms with E-state index in [0.29, 0.717) is 5.92 Å². The molecule has 0 aliphatic heterocycles. The molecular formula is C18H24N2O2. The summed E-state index contributed by atoms with van der Waals surface area (Å²) in [5.41, 5.74) is 3.39. The van der Waals surface area contributed by atoms with Gasteiger partial charge in [-0.2, -0.15) is 0 Å². The number of hydrogen-bond acceptors (Lipinski definition) is 4. The number of anilines is 1. The van der Waals surface area contributed by atoms with Gasteiger partial charge >= 0.3 is 0 Å². The van der Waals surface area contributed by atoms with Crippen molar-refractivity contribution in [2.45, 2.75) is 20.3 Å². The van der Waals surface area contributed by atoms with Crippen molar-refractivity contribution in [1.29, 1.82) is 0 Å². The molecule has 4 nitrogen and oxygen atoms in total. The highest BCUT2D eigenvalue weighted by Gasteiger charge is 2.08. The lowest BCUT2D eigenvalue weighted by Gasteiger charge is -2.15. The molecular weight excluding hydrogens is 276 g/mol. The molecule has 1 unspecified atom stereocenters. The summed E-state index contributed by atoms with van der Waals surface area (Å²) in [6, 6.07) is 10.2. The number of hydrogen-bond donors (Lipinski definition) is 1. The average molecular weight is 300 g/mol. The van der Waals surface area contributed by atoms with Gasteiger partial charge in [0, 0.05) is 24.1 Å². The van der Waals surface area contributed by atoms with Crippen LogP contribution in [0, 0.1) is 12.8 Å². The van der Waals surface area contributed by atoms with Crippen LogP contribution in [0.1, 0.15) is 18.2 Å². The predicted molar refractivity (Wildman–Crippen MR) is 89.9 cm³/mol. The van der Waals surface area contributed by atoms with E-state index in [1.54, 1.807) is 14.2 Å². The second-order valence-electron chi connectivity index (χ2n) is 5.57. The van der Waals surface area contributed by atoms with E-state index in [-0.39, 0.29) is 0 Å². The zero-order chi connectivity index (χ0) is 15.9. The van der Waals surface area contributed by atoms with E-state index in [9.17, 15) is 0 Å². The molecule has 0 saturated carbocycles. The van der Waals surface area contributed by atoms with Gasteiger partial charge in [0.1, 0.15) is 0 Å². The molecule has 118 valence electrons. The van der Waals surface area contributed by atoms with Crippen molar-refractivity contribution < 1.29 is 9.47 Å². The highest BCUT2D eigenvalue weighted by atomic mass is 16.5. The zero-order valence-electron chi connectivity index (χ0n) is 13.7. The summed E-state index contributed by atoms with van der Waals surface area (Å²) in [5.74, 6) is 2.06. The molecule has 22 heavy (non-hydrogen) atoms. The van der Waals surface area contributed by atoms with Crippen molar-refractivity contribution in [3.63, 3.8) is 0 Å². The third-order valence-electron chi connectivity index (χ3n) is 3.58. The Hall–Kier alpha value is -2.23. The fraction of sp³-hybridized carbons (Fsp3) is 0.389. The largest absolute Gasteiger partial charge is 0.493 e. The third-order valence-corrected chi connectivity index (χ3v) is 3.58. The number of nitrogens with one attached hydrogen (secondary N) is 1. The van der Waals surface area contributed by atoms with Crippen LogP contribution in [0.25, 0.3) is 0 Å². The highest BCUT2D eigenvalue weighted by Crippen LogP contribution is 2.28. The number of benzene rings is 1. The van der Waals surface area contributed by atoms with Gasteiger partial charge in [-0.05, 0) is 49.1 Å². The molecule has 2 rings (SSSR count). The van der Waals surface area contributed by atoms with Crippen LogP contribution in [-0.2, 0) is 6.42 Å². The maximum Gasteiger partial charge on any atom is 0.160 e. The van der Waals surface area contributed by atoms with Gasteiger partial charge < -0.3 is 14.8 Å². The lowest BCUT2D eigenvalue weighted by atomic mass is 10.0. The van der Waals surface area contributed by atoms with E-state index < -0.39 is 0 Å². The van der Waals surface area contributed by atoms with E-state index in [1.807, 2.05) is 31.3 Å². The van der Waals surface area contributed by atoms with Crippen molar-refractivity contribution in [2.75, 3.05) is 26.1 Å². The van der Waals surface area contributed by atoms with Gasteiger partial charge in [-0.25, -0.2) is 0 Å². The molecule has 1 aromatic heterocycles. The second-order valence-corrected chi connectivity index (χ2v) is 5.57. The summed E-state index contributed by atoms with van der Waals surface area (Å²) in [6.07, 6.45) is 2.81. The number of ether oxygens (including phenoxy) is 2. The fourth-order valence-corrected chi connectivity index (χ4v) is 2.43. The number of rotatable bonds is 7. The molecule has 0 saturated heterocycles. The molecule has 0 amide bonds. The Bertz CT molecular complexity index is 614. The van der Waals surface area contributed by atoms with Gasteiger partial charge in [-0.15, -0.1) is 0 Å². The molecule has 0 radical (unpaired) electrons. The van der Waals surface area contributed by atoms with Crippen LogP contribution in [0.4, 0.5) is 5.69 Å². The third kappa shape index (κ3) is 4.38. The molecule has 0 spiro atoms. The van der Waals surface area contributed by atoms with E-state index >= 15 is 0 Å². The van der Waals surface area contributed by atoms with Crippen molar-refractivity contribution in [3.8, 4) is 11.5 Å². The van der Waals surface area contributed by atoms with Crippen LogP contribution < -0.4 is 14.8 Å². The minimum atomic E-state index is 0.506. The number of aryl methyl sites for hydroxylation is 1. The van der Waals surface area contributed by atoms with Gasteiger partial charge in [-0.3, -0.25) is 4.98 Å². The summed E-state index contributed by atoms with van der Waals surface area (Å²) in [4.78, 5) is 4.20. The van der Waals surface area contributed by atoms with Crippen molar-refractivity contribution in [1.82, 2.24) is 4.98 Å². The Kier molecular flexibility index (Phi) is 5.64. The van der Waals surface area contributed by atoms with Gasteiger partial charge in [0.25, 0.3) is 0 Å². The summed E-state index contributed by atoms with van der Waals surface area (Å²) < 4.78 is 10.6. The Labute approximate surface area is 132 Å². The number of nitrogens with zero attached hydrogens (tertiary/aromatic N) is 1. The standard InChI is InChI=1S/C18H24N2O2/c1-13(12-20-16-7-8-19-14(2)10-16)9-15-5-6-17(21-3)18(11-15)22-4/h5-8,10-11,13H,9,12H2,1-4H3,(H,19,20). The van der Waals surface area contributed by atoms with E-state index in [0.717, 1.165) is 35.8 Å². The maximum atomic E-state index is 5.35. The zero-order valence-corrected chi connectivity index (χ0v) is 13.7. The monoisotopic (exact) mass is 300 g/mol. The van der Waals surface area contributed by atoms with Crippen LogP contribution in [0.2, 0.25) is 0 Å². The molecule has 0 bridgehead atoms. The SMILES string of the molecule is COc1ccc(CC(C)CNc2ccnc(C)c2)cc1OC. The smallest absolute Gasteiger partial charge is 0.160 e. The first-order valence-corrected chi connectivity index (χ1v) is 7.49. The second kappa shape index (κ2) is 7.69. The number of pyridine rings is 1. The first kappa shape index (κ1) is 16.1. The molecule has 0 aliphatic rings. The minimum Gasteiger partial charge on any atom is -0.493 e. The Balaban J connectivity index is 1.93. The summed E-state index contributed by atoms with van der Waals surface area (Å²) in [6.45, 7) is 5.15. The molecule has 1 heterocycles. The summed E-state index contributed by atoms with van der Waals surface area (Å²) in [7, 11) is 3.32. The van der Waals surface area contributed by atoms with Crippen molar-refractivity contribution >= 4 is 5.69 Å². The Morgan fingerprint density at radius 2 is 1.86 bits per heavy atom. The molecule has 2 aromatic rings. The van der Waals surface area contributed by atoms with E-state index in [2.05, 4.69) is 29.4 Å². The predicted octanol–water partition coefficient (Wildman–Crippen LogP) is 3.70. The minimum absolute atomic E-state index is 0.506. The first-order valence-electron chi connectivity index (χ1n) is 7.49. The fourth-order valence-electron chi connectivity index (χ4n) is 2.43. The topological polar surface area (TPSA) is 43.4 Å². The van der Waals surface area contributed by atoms with Gasteiger partial charge in [-0.1, -0.05) is 13.0 Å². The lowest BCUT2D eigenvalue weighted by molar-refractivity contribution is 0.354. The Morgan fingerprint density at radius 3 is 2.55 bits per heavy atom. The summed E-state index contributed by atoms with van der Waals surface area (Å²) >= 11 is 0. The first-order chi connectivity index (χ1) is 10.6. The van der Waals surface area contributed by atoms with Crippen LogP contribution in [0.3, 0.4) is 0 Å². The van der Waals surface area contributed by atoms with E-state index in [4.69, 9.17) is 9.47 Å². The molecule has 0 aliphatic carbocycles. The van der Waals surface area contributed by atoms with Crippen LogP contribution in [-0.4, -0.2) is 25.7 Å². The molecule has 0 fully saturated rings. The van der Waals surface area contributed by atoms with Gasteiger partial charge in [0.15, 0.2) is 11.5 Å². The van der Waals surface area contributed by atoms with Crippen molar-refractivity contribution in [3.05, 3.63) is 47.8 Å². The molecule has 1 aromatic carbocycles. The molecule has 1 N–H and O–H groups in total. The quantitative estimate of drug-likeness (QED) is 0.847. The van der Waals surface area contributed by atoms with Crippen molar-refractivity contribution in [2.24, 2.45) is 5.92 Å². The van der Waals surface area contributed by atoms with E-state index in [1.165, 1.54) is 5.56 Å². The van der Waals surface area contributed by atoms with Crippen LogP contribution >= 0.6 is 0 Å². The molecule has 4 heteroatoms. The number of aromatic nitrogens is 1. The lowest BCUT2D eigenvalue weighted by Crippen LogP contribution is -2.13. The normalized spacial score (nSPS) is 11.8. The van der Waals surface area contributed by atoms with Gasteiger partial charge in [0.2, 0.25) is 0 Å². The Morgan fingerprint density at radius 1 is 1.09 bits per heavy atom. The van der Waals surface area contributed by atoms with Crippen LogP contribution in [0.5, 0.6) is 11.5 Å². The van der Waals surface area contributed by atoms with Gasteiger partial charge in [0.05, 0.1) is 14.2 Å². The average Bonchev–Trinajstić information content (AvgIpc) is 2.53. The summed E-state index contributed by atoms with van der Waals surface area (Å²) in [5, 5.41) is 3.46. The highest BCUT2D eigenvalue weighted by molar-refractivity contribution is 5.44. The number of methoxy groups -OCH3 is 2.